The van der Waals surface area contributed by atoms with Gasteiger partial charge < -0.3 is 20.1 Å². The second-order valence-corrected chi connectivity index (χ2v) is 13.4. The summed E-state index contributed by atoms with van der Waals surface area (Å²) < 4.78 is 28.9. The van der Waals surface area contributed by atoms with Crippen LogP contribution in [0.1, 0.15) is 32.7 Å². The number of halogens is 1. The van der Waals surface area contributed by atoms with E-state index in [9.17, 15) is 10.1 Å². The van der Waals surface area contributed by atoms with Gasteiger partial charge in [-0.25, -0.2) is 19.0 Å². The van der Waals surface area contributed by atoms with Gasteiger partial charge in [0.05, 0.1) is 24.6 Å². The maximum Gasteiger partial charge on any atom is 0.264 e. The second kappa shape index (κ2) is 13.5. The van der Waals surface area contributed by atoms with Crippen LogP contribution in [0.2, 0.25) is 0 Å². The number of rotatable bonds is 7. The SMILES string of the molecule is CC(C)(C=C(C#N)C(=O)N1CCCC(n2nc(-c3ccc(Oc4ccccc4)cc3F)c3c(N)ncnc32)C1)N1CCN2CCOCC2C1. The van der Waals surface area contributed by atoms with Gasteiger partial charge in [-0.05, 0) is 57.0 Å². The lowest BCUT2D eigenvalue weighted by Crippen LogP contribution is -2.61. The van der Waals surface area contributed by atoms with E-state index in [0.29, 0.717) is 66.8 Å². The first kappa shape index (κ1) is 32.6. The summed E-state index contributed by atoms with van der Waals surface area (Å²) in [6.07, 6.45) is 4.57. The van der Waals surface area contributed by atoms with Gasteiger partial charge in [0.2, 0.25) is 0 Å². The molecule has 2 aromatic heterocycles. The number of para-hydroxylation sites is 1. The van der Waals surface area contributed by atoms with Crippen LogP contribution in [0, 0.1) is 17.1 Å². The van der Waals surface area contributed by atoms with Gasteiger partial charge in [0, 0.05) is 62.5 Å². The third-order valence-electron chi connectivity index (χ3n) is 9.82. The monoisotopic (exact) mass is 665 g/mol. The van der Waals surface area contributed by atoms with Gasteiger partial charge in [-0.1, -0.05) is 18.2 Å². The first-order valence-electron chi connectivity index (χ1n) is 16.7. The van der Waals surface area contributed by atoms with Crippen LogP contribution in [0.25, 0.3) is 22.3 Å². The van der Waals surface area contributed by atoms with Gasteiger partial charge in [-0.3, -0.25) is 14.6 Å². The standard InChI is InChI=1S/C36H40FN9O3/c1-36(2,45-14-13-43-15-16-48-22-26(43)21-45)18-24(19-38)35(47)44-12-6-7-25(20-44)46-34-31(33(39)40-23-41-34)32(42-46)29-11-10-28(17-30(29)37)49-27-8-4-3-5-9-27/h3-5,8-11,17-18,23,25-26H,6-7,12-16,20-22H2,1-2H3,(H2,39,40,41). The molecule has 2 aromatic carbocycles. The average Bonchev–Trinajstić information content (AvgIpc) is 3.51. The number of ether oxygens (including phenoxy) is 2. The molecule has 5 heterocycles. The summed E-state index contributed by atoms with van der Waals surface area (Å²) in [5.41, 5.74) is 6.93. The van der Waals surface area contributed by atoms with Crippen LogP contribution in [0.4, 0.5) is 10.2 Å². The topological polar surface area (TPSA) is 139 Å². The summed E-state index contributed by atoms with van der Waals surface area (Å²) in [6.45, 7) is 9.89. The van der Waals surface area contributed by atoms with Gasteiger partial charge in [-0.2, -0.15) is 10.4 Å². The number of nitrogens with zero attached hydrogens (tertiary/aromatic N) is 8. The van der Waals surface area contributed by atoms with E-state index in [1.165, 1.54) is 12.4 Å². The molecular formula is C36H40FN9O3. The Morgan fingerprint density at radius 2 is 1.92 bits per heavy atom. The quantitative estimate of drug-likeness (QED) is 0.223. The zero-order valence-corrected chi connectivity index (χ0v) is 27.8. The number of morpholine rings is 1. The van der Waals surface area contributed by atoms with Crippen molar-refractivity contribution in [3.05, 3.63) is 72.3 Å². The fourth-order valence-corrected chi connectivity index (χ4v) is 7.18. The Morgan fingerprint density at radius 1 is 1.08 bits per heavy atom. The van der Waals surface area contributed by atoms with Gasteiger partial charge in [0.15, 0.2) is 5.65 Å². The number of carbonyl (C=O) groups excluding carboxylic acids is 1. The van der Waals surface area contributed by atoms with Crippen molar-refractivity contribution in [3.63, 3.8) is 0 Å². The molecule has 3 fully saturated rings. The number of hydrogen-bond acceptors (Lipinski definition) is 10. The molecule has 1 amide bonds. The zero-order chi connectivity index (χ0) is 34.1. The molecule has 0 aliphatic carbocycles. The highest BCUT2D eigenvalue weighted by molar-refractivity contribution is 5.99. The molecule has 0 radical (unpaired) electrons. The highest BCUT2D eigenvalue weighted by Gasteiger charge is 2.37. The summed E-state index contributed by atoms with van der Waals surface area (Å²) >= 11 is 0. The van der Waals surface area contributed by atoms with Crippen LogP contribution >= 0.6 is 0 Å². The van der Waals surface area contributed by atoms with Crippen molar-refractivity contribution in [2.75, 3.05) is 58.2 Å². The molecule has 7 rings (SSSR count). The number of amides is 1. The Balaban J connectivity index is 1.13. The molecule has 3 aliphatic rings. The molecule has 13 heteroatoms. The number of carbonyl (C=O) groups is 1. The number of aromatic nitrogens is 4. The van der Waals surface area contributed by atoms with Crippen LogP contribution in [-0.2, 0) is 9.53 Å². The summed E-state index contributed by atoms with van der Waals surface area (Å²) in [5, 5.41) is 15.5. The fraction of sp³-hybridized carbons (Fsp3) is 0.417. The minimum Gasteiger partial charge on any atom is -0.457 e. The Morgan fingerprint density at radius 3 is 2.71 bits per heavy atom. The Hall–Kier alpha value is -4.90. The summed E-state index contributed by atoms with van der Waals surface area (Å²) in [5.74, 6) is 0.264. The van der Waals surface area contributed by atoms with Crippen molar-refractivity contribution in [2.45, 2.75) is 44.3 Å². The molecule has 2 atom stereocenters. The predicted molar refractivity (Wildman–Crippen MR) is 182 cm³/mol. The lowest BCUT2D eigenvalue weighted by atomic mass is 9.95. The van der Waals surface area contributed by atoms with E-state index >= 15 is 4.39 Å². The lowest BCUT2D eigenvalue weighted by molar-refractivity contribution is -0.128. The molecule has 0 bridgehead atoms. The molecule has 49 heavy (non-hydrogen) atoms. The van der Waals surface area contributed by atoms with E-state index in [-0.39, 0.29) is 28.9 Å². The summed E-state index contributed by atoms with van der Waals surface area (Å²) in [4.78, 5) is 29.1. The molecule has 254 valence electrons. The minimum atomic E-state index is -0.535. The van der Waals surface area contributed by atoms with E-state index in [1.54, 1.807) is 33.8 Å². The summed E-state index contributed by atoms with van der Waals surface area (Å²) in [7, 11) is 0. The molecule has 2 N–H and O–H groups in total. The number of hydrogen-bond donors (Lipinski definition) is 1. The van der Waals surface area contributed by atoms with E-state index in [4.69, 9.17) is 20.3 Å². The largest absolute Gasteiger partial charge is 0.457 e. The number of benzene rings is 2. The van der Waals surface area contributed by atoms with Crippen molar-refractivity contribution >= 4 is 22.8 Å². The number of piperidine rings is 1. The number of nitriles is 1. The Kier molecular flexibility index (Phi) is 9.02. The van der Waals surface area contributed by atoms with Crippen molar-refractivity contribution in [1.82, 2.24) is 34.4 Å². The van der Waals surface area contributed by atoms with Crippen molar-refractivity contribution < 1.29 is 18.7 Å². The first-order chi connectivity index (χ1) is 23.7. The normalized spacial score (nSPS) is 20.9. The van der Waals surface area contributed by atoms with Crippen molar-refractivity contribution in [1.29, 1.82) is 5.26 Å². The maximum atomic E-state index is 15.7. The van der Waals surface area contributed by atoms with Gasteiger partial charge in [-0.15, -0.1) is 0 Å². The van der Waals surface area contributed by atoms with Gasteiger partial charge in [0.25, 0.3) is 5.91 Å². The van der Waals surface area contributed by atoms with Crippen LogP contribution in [0.3, 0.4) is 0 Å². The molecule has 3 aliphatic heterocycles. The molecular weight excluding hydrogens is 625 g/mol. The molecule has 2 unspecified atom stereocenters. The van der Waals surface area contributed by atoms with Crippen LogP contribution in [-0.4, -0.2) is 104 Å². The second-order valence-electron chi connectivity index (χ2n) is 13.4. The highest BCUT2D eigenvalue weighted by Crippen LogP contribution is 2.36. The molecule has 0 saturated carbocycles. The summed E-state index contributed by atoms with van der Waals surface area (Å²) in [6, 6.07) is 16.0. The van der Waals surface area contributed by atoms with Crippen LogP contribution < -0.4 is 10.5 Å². The van der Waals surface area contributed by atoms with Crippen molar-refractivity contribution in [2.24, 2.45) is 0 Å². The fourth-order valence-electron chi connectivity index (χ4n) is 7.18. The van der Waals surface area contributed by atoms with E-state index < -0.39 is 11.4 Å². The molecule has 3 saturated heterocycles. The first-order valence-corrected chi connectivity index (χ1v) is 16.7. The third-order valence-corrected chi connectivity index (χ3v) is 9.82. The number of nitrogens with two attached hydrogens (primary N) is 1. The van der Waals surface area contributed by atoms with E-state index in [0.717, 1.165) is 32.8 Å². The number of likely N-dealkylation sites (tertiary alicyclic amines) is 1. The number of fused-ring (bicyclic) bond motifs is 2. The highest BCUT2D eigenvalue weighted by atomic mass is 19.1. The van der Waals surface area contributed by atoms with Crippen molar-refractivity contribution in [3.8, 4) is 28.8 Å². The van der Waals surface area contributed by atoms with E-state index in [2.05, 4.69) is 39.7 Å². The number of anilines is 1. The molecule has 0 spiro atoms. The van der Waals surface area contributed by atoms with Gasteiger partial charge >= 0.3 is 0 Å². The number of nitrogen functional groups attached to an aromatic ring is 1. The molecule has 4 aromatic rings. The number of piperazine rings is 1. The predicted octanol–water partition coefficient (Wildman–Crippen LogP) is 4.42. The van der Waals surface area contributed by atoms with E-state index in [1.807, 2.05) is 24.3 Å². The van der Waals surface area contributed by atoms with Crippen LogP contribution in [0.5, 0.6) is 11.5 Å². The van der Waals surface area contributed by atoms with Crippen LogP contribution in [0.15, 0.2) is 66.5 Å². The Labute approximate surface area is 284 Å². The molecule has 12 nitrogen and oxygen atoms in total. The third kappa shape index (κ3) is 6.59. The smallest absolute Gasteiger partial charge is 0.264 e. The zero-order valence-electron chi connectivity index (χ0n) is 27.8. The maximum absolute atomic E-state index is 15.7. The lowest BCUT2D eigenvalue weighted by Gasteiger charge is -2.48. The van der Waals surface area contributed by atoms with Gasteiger partial charge in [0.1, 0.15) is 46.8 Å². The Bertz CT molecular complexity index is 1920. The average molecular weight is 666 g/mol. The minimum absolute atomic E-state index is 0.116.